The molecule has 0 aliphatic carbocycles. The van der Waals surface area contributed by atoms with Crippen molar-refractivity contribution in [2.24, 2.45) is 0 Å². The van der Waals surface area contributed by atoms with Crippen LogP contribution in [0.5, 0.6) is 0 Å². The quantitative estimate of drug-likeness (QED) is 0.0208. The van der Waals surface area contributed by atoms with Gasteiger partial charge in [-0.05, 0) is 71.5 Å². The molecule has 0 radical (unpaired) electrons. The van der Waals surface area contributed by atoms with E-state index < -0.39 is 79.3 Å². The van der Waals surface area contributed by atoms with Crippen LogP contribution in [0.25, 0.3) is 0 Å². The van der Waals surface area contributed by atoms with E-state index in [0.717, 1.165) is 22.3 Å². The number of hydrogen-bond acceptors (Lipinski definition) is 14. The van der Waals surface area contributed by atoms with Gasteiger partial charge < -0.3 is 52.1 Å². The smallest absolute Gasteiger partial charge is 0.338 e. The Balaban J connectivity index is 1.10. The van der Waals surface area contributed by atoms with Crippen LogP contribution in [0.3, 0.4) is 0 Å². The Morgan fingerprint density at radius 1 is 0.375 bits per heavy atom. The Kier molecular flexibility index (Phi) is 21.5. The summed E-state index contributed by atoms with van der Waals surface area (Å²) in [7, 11) is 0. The molecule has 2 heterocycles. The lowest BCUT2D eigenvalue weighted by atomic mass is 9.96. The summed E-state index contributed by atoms with van der Waals surface area (Å²) in [6.45, 7) is 4.44. The van der Waals surface area contributed by atoms with Crippen molar-refractivity contribution in [3.05, 3.63) is 264 Å². The second-order valence-electron chi connectivity index (χ2n) is 19.2. The van der Waals surface area contributed by atoms with Gasteiger partial charge in [0.1, 0.15) is 30.5 Å². The van der Waals surface area contributed by atoms with E-state index in [-0.39, 0.29) is 62.9 Å². The molecule has 10 atom stereocenters. The molecule has 0 bridgehead atoms. The summed E-state index contributed by atoms with van der Waals surface area (Å²) >= 11 is 0. The van der Waals surface area contributed by atoms with E-state index in [4.69, 9.17) is 52.1 Å². The van der Waals surface area contributed by atoms with E-state index >= 15 is 0 Å². The van der Waals surface area contributed by atoms with Crippen molar-refractivity contribution in [2.75, 3.05) is 19.8 Å². The van der Waals surface area contributed by atoms with Crippen molar-refractivity contribution in [3.8, 4) is 0 Å². The fourth-order valence-electron chi connectivity index (χ4n) is 9.34. The molecule has 414 valence electrons. The zero-order chi connectivity index (χ0) is 55.1. The maximum atomic E-state index is 14.4. The normalized spacial score (nSPS) is 22.6. The largest absolute Gasteiger partial charge is 0.452 e. The number of carbonyl (C=O) groups is 3. The molecule has 80 heavy (non-hydrogen) atoms. The van der Waals surface area contributed by atoms with Crippen LogP contribution in [0.4, 0.5) is 0 Å². The first-order valence-electron chi connectivity index (χ1n) is 26.9. The maximum Gasteiger partial charge on any atom is 0.338 e. The summed E-state index contributed by atoms with van der Waals surface area (Å²) in [6.07, 6.45) is -9.00. The van der Waals surface area contributed by atoms with Crippen LogP contribution >= 0.6 is 0 Å². The van der Waals surface area contributed by atoms with Gasteiger partial charge in [-0.1, -0.05) is 182 Å². The zero-order valence-corrected chi connectivity index (χ0v) is 44.3. The Labute approximate surface area is 467 Å². The fraction of sp³-hybridized carbons (Fsp3) is 0.288. The predicted octanol–water partition coefficient (Wildman–Crippen LogP) is 11.1. The fourth-order valence-corrected chi connectivity index (χ4v) is 9.34. The number of allylic oxidation sites excluding steroid dienone is 1. The van der Waals surface area contributed by atoms with Crippen molar-refractivity contribution in [1.82, 2.24) is 0 Å². The van der Waals surface area contributed by atoms with Gasteiger partial charge in [-0.3, -0.25) is 0 Å². The van der Waals surface area contributed by atoms with Gasteiger partial charge in [0.15, 0.2) is 30.9 Å². The lowest BCUT2D eigenvalue weighted by molar-refractivity contribution is -0.344. The third kappa shape index (κ3) is 16.2. The average molecular weight is 1080 g/mol. The van der Waals surface area contributed by atoms with Gasteiger partial charge >= 0.3 is 17.9 Å². The third-order valence-corrected chi connectivity index (χ3v) is 13.4. The molecule has 9 rings (SSSR count). The first-order valence-corrected chi connectivity index (χ1v) is 26.9. The van der Waals surface area contributed by atoms with Gasteiger partial charge in [-0.15, -0.1) is 6.58 Å². The molecule has 14 heteroatoms. The Hall–Kier alpha value is -7.63. The number of unbranched alkanes of at least 4 members (excludes halogenated alkanes) is 1. The third-order valence-electron chi connectivity index (χ3n) is 13.4. The molecule has 14 nitrogen and oxygen atoms in total. The number of carbonyl (C=O) groups excluding carboxylic acids is 3. The minimum atomic E-state index is -1.54. The van der Waals surface area contributed by atoms with Crippen LogP contribution in [-0.4, -0.2) is 99.1 Å². The van der Waals surface area contributed by atoms with Crippen LogP contribution in [-0.2, 0) is 78.5 Å². The molecular weight excluding hydrogens is 1020 g/mol. The molecule has 0 amide bonds. The molecule has 2 saturated heterocycles. The number of hydrogen-bond donors (Lipinski definition) is 0. The van der Waals surface area contributed by atoms with Gasteiger partial charge in [0.05, 0.1) is 62.9 Å². The van der Waals surface area contributed by atoms with Crippen molar-refractivity contribution in [1.29, 1.82) is 0 Å². The molecule has 1 unspecified atom stereocenters. The van der Waals surface area contributed by atoms with Crippen molar-refractivity contribution < 1.29 is 66.5 Å². The Bertz CT molecular complexity index is 2940. The molecular formula is C66H66O14. The van der Waals surface area contributed by atoms with Crippen LogP contribution in [0, 0.1) is 0 Å². The van der Waals surface area contributed by atoms with Gasteiger partial charge in [-0.2, -0.15) is 0 Å². The number of esters is 3. The average Bonchev–Trinajstić information content (AvgIpc) is 3.53. The highest BCUT2D eigenvalue weighted by Crippen LogP contribution is 2.35. The molecule has 2 aliphatic heterocycles. The number of benzene rings is 7. The van der Waals surface area contributed by atoms with E-state index in [2.05, 4.69) is 6.58 Å². The van der Waals surface area contributed by atoms with E-state index in [1.54, 1.807) is 97.1 Å². The highest BCUT2D eigenvalue weighted by Gasteiger charge is 2.55. The van der Waals surface area contributed by atoms with Crippen molar-refractivity contribution in [3.63, 3.8) is 0 Å². The molecule has 0 N–H and O–H groups in total. The summed E-state index contributed by atoms with van der Waals surface area (Å²) in [5.41, 5.74) is 4.28. The summed E-state index contributed by atoms with van der Waals surface area (Å²) in [5, 5.41) is 0. The second kappa shape index (κ2) is 30.1. The minimum Gasteiger partial charge on any atom is -0.452 e. The molecule has 7 aromatic rings. The van der Waals surface area contributed by atoms with E-state index in [1.807, 2.05) is 121 Å². The first kappa shape index (κ1) is 57.1. The number of ether oxygens (including phenoxy) is 11. The first-order chi connectivity index (χ1) is 39.4. The summed E-state index contributed by atoms with van der Waals surface area (Å²) in [4.78, 5) is 42.9. The maximum absolute atomic E-state index is 14.4. The Morgan fingerprint density at radius 3 is 1.19 bits per heavy atom. The molecule has 2 aliphatic rings. The molecule has 0 spiro atoms. The van der Waals surface area contributed by atoms with Crippen LogP contribution in [0.1, 0.15) is 66.2 Å². The molecule has 0 saturated carbocycles. The zero-order valence-electron chi connectivity index (χ0n) is 44.3. The second-order valence-corrected chi connectivity index (χ2v) is 19.2. The summed E-state index contributed by atoms with van der Waals surface area (Å²) in [5.74, 6) is -2.32. The monoisotopic (exact) mass is 1080 g/mol. The van der Waals surface area contributed by atoms with Crippen molar-refractivity contribution in [2.45, 2.75) is 101 Å². The predicted molar refractivity (Wildman–Crippen MR) is 297 cm³/mol. The van der Waals surface area contributed by atoms with Gasteiger partial charge in [0.2, 0.25) is 0 Å². The highest BCUT2D eigenvalue weighted by molar-refractivity contribution is 5.91. The van der Waals surface area contributed by atoms with Gasteiger partial charge in [-0.25, -0.2) is 14.4 Å². The highest BCUT2D eigenvalue weighted by atomic mass is 16.8. The Morgan fingerprint density at radius 2 is 0.738 bits per heavy atom. The standard InChI is InChI=1S/C66H66O14/c1-2-3-25-40-71-66-61(80-64(69)53-38-23-10-24-39-53)59(79-63(68)52-36-21-9-22-37-52)57(78-62(67)51-34-19-8-20-35-51)55(77-66)46-75-65-60(74-44-50-32-17-7-18-33-50)58(73-43-49-30-15-6-16-31-49)56(72-42-48-28-13-5-14-29-48)54(76-65)45-70-41-47-26-11-4-12-27-47/h2,4-24,26-39,54-61,65-66H,1,3,25,40-46H2/t54-,55-,56-,57-,58+,59+,60-,61-,65?,66+/m1/s1. The lowest BCUT2D eigenvalue weighted by Crippen LogP contribution is -2.64. The summed E-state index contributed by atoms with van der Waals surface area (Å²) in [6, 6.07) is 64.1. The van der Waals surface area contributed by atoms with Gasteiger partial charge in [0.25, 0.3) is 0 Å². The molecule has 7 aromatic carbocycles. The number of rotatable bonds is 27. The molecule has 2 fully saturated rings. The minimum absolute atomic E-state index is 0.0502. The van der Waals surface area contributed by atoms with Crippen LogP contribution < -0.4 is 0 Å². The van der Waals surface area contributed by atoms with E-state index in [0.29, 0.717) is 12.8 Å². The SMILES string of the molecule is C=CCCCO[C@H]1O[C@H](COC2O[C@H](COCc3ccccc3)[C@@H](OCc3ccccc3)[C@H](OCc3ccccc3)[C@H]2OCc2ccccc2)[C@@H](OC(=O)c2ccccc2)[C@H](OC(=O)c2ccccc2)[C@H]1OC(=O)c1ccccc1. The summed E-state index contributed by atoms with van der Waals surface area (Å²) < 4.78 is 73.6. The van der Waals surface area contributed by atoms with E-state index in [1.165, 1.54) is 0 Å². The van der Waals surface area contributed by atoms with E-state index in [9.17, 15) is 14.4 Å². The topological polar surface area (TPSA) is 153 Å². The van der Waals surface area contributed by atoms with Crippen LogP contribution in [0.15, 0.2) is 225 Å². The lowest BCUT2D eigenvalue weighted by Gasteiger charge is -2.47. The van der Waals surface area contributed by atoms with Crippen LogP contribution in [0.2, 0.25) is 0 Å². The van der Waals surface area contributed by atoms with Crippen molar-refractivity contribution >= 4 is 17.9 Å². The van der Waals surface area contributed by atoms with Gasteiger partial charge in [0, 0.05) is 0 Å². The molecule has 0 aromatic heterocycles.